The molecule has 1 aliphatic rings. The van der Waals surface area contributed by atoms with E-state index < -0.39 is 5.51 Å². The first kappa shape index (κ1) is 15.7. The molecule has 1 nitrogen and oxygen atoms in total. The average molecular weight is 303 g/mol. The van der Waals surface area contributed by atoms with Crippen LogP contribution in [0.25, 0.3) is 0 Å². The van der Waals surface area contributed by atoms with Crippen molar-refractivity contribution in [1.82, 2.24) is 5.32 Å². The number of alkyl halides is 3. The number of hydrogen-bond acceptors (Lipinski definition) is 2. The van der Waals surface area contributed by atoms with Gasteiger partial charge in [-0.3, -0.25) is 0 Å². The van der Waals surface area contributed by atoms with Crippen molar-refractivity contribution in [3.05, 3.63) is 29.8 Å². The number of nitrogens with one attached hydrogen (secondary N) is 1. The lowest BCUT2D eigenvalue weighted by Crippen LogP contribution is -2.31. The first-order valence-electron chi connectivity index (χ1n) is 7.02. The molecule has 0 amide bonds. The molecule has 0 heterocycles. The number of hydrogen-bond donors (Lipinski definition) is 1. The summed E-state index contributed by atoms with van der Waals surface area (Å²) in [5, 5.41) is 3.48. The van der Waals surface area contributed by atoms with Crippen LogP contribution in [-0.4, -0.2) is 11.6 Å². The molecular formula is C15H20F3NS. The lowest BCUT2D eigenvalue weighted by molar-refractivity contribution is -0.0328. The molecule has 0 radical (unpaired) electrons. The molecule has 112 valence electrons. The highest BCUT2D eigenvalue weighted by Crippen LogP contribution is 2.36. The van der Waals surface area contributed by atoms with Crippen LogP contribution in [0.15, 0.2) is 29.2 Å². The molecule has 1 aromatic carbocycles. The third-order valence-corrected chi connectivity index (χ3v) is 4.63. The minimum absolute atomic E-state index is 0.0662. The van der Waals surface area contributed by atoms with Gasteiger partial charge in [0.2, 0.25) is 0 Å². The third kappa shape index (κ3) is 5.02. The van der Waals surface area contributed by atoms with Crippen LogP contribution in [0.4, 0.5) is 13.2 Å². The first-order valence-corrected chi connectivity index (χ1v) is 7.84. The van der Waals surface area contributed by atoms with E-state index in [0.29, 0.717) is 12.6 Å². The van der Waals surface area contributed by atoms with Crippen LogP contribution in [0, 0.1) is 5.92 Å². The van der Waals surface area contributed by atoms with Gasteiger partial charge in [0.05, 0.1) is 0 Å². The number of halogens is 3. The van der Waals surface area contributed by atoms with Crippen molar-refractivity contribution >= 4 is 11.8 Å². The summed E-state index contributed by atoms with van der Waals surface area (Å²) >= 11 is -0.0662. The fraction of sp³-hybridized carbons (Fsp3) is 0.600. The smallest absolute Gasteiger partial charge is 0.310 e. The molecule has 1 atom stereocenters. The minimum atomic E-state index is -4.21. The molecule has 1 fully saturated rings. The zero-order valence-corrected chi connectivity index (χ0v) is 12.4. The molecule has 0 aromatic heterocycles. The summed E-state index contributed by atoms with van der Waals surface area (Å²) in [7, 11) is 0. The maximum absolute atomic E-state index is 12.2. The maximum Gasteiger partial charge on any atom is 0.446 e. The summed E-state index contributed by atoms with van der Waals surface area (Å²) in [5.41, 5.74) is -3.18. The van der Waals surface area contributed by atoms with Crippen LogP contribution in [0.5, 0.6) is 0 Å². The lowest BCUT2D eigenvalue weighted by atomic mass is 9.99. The molecule has 5 heteroatoms. The van der Waals surface area contributed by atoms with E-state index in [9.17, 15) is 13.2 Å². The molecule has 1 aliphatic carbocycles. The summed E-state index contributed by atoms with van der Waals surface area (Å²) in [5.74, 6) is 0.745. The molecule has 1 saturated carbocycles. The topological polar surface area (TPSA) is 12.0 Å². The van der Waals surface area contributed by atoms with E-state index in [-0.39, 0.29) is 16.7 Å². The van der Waals surface area contributed by atoms with Crippen LogP contribution in [0.1, 0.15) is 38.2 Å². The zero-order chi connectivity index (χ0) is 14.6. The lowest BCUT2D eigenvalue weighted by Gasteiger charge is -2.20. The summed E-state index contributed by atoms with van der Waals surface area (Å²) in [6, 6.07) is 7.08. The molecular weight excluding hydrogens is 283 g/mol. The Morgan fingerprint density at radius 3 is 2.35 bits per heavy atom. The molecule has 1 aromatic rings. The molecule has 0 aliphatic heterocycles. The van der Waals surface area contributed by atoms with Gasteiger partial charge in [0.1, 0.15) is 0 Å². The van der Waals surface area contributed by atoms with Gasteiger partial charge in [-0.05, 0) is 55.1 Å². The van der Waals surface area contributed by atoms with Gasteiger partial charge < -0.3 is 5.32 Å². The van der Waals surface area contributed by atoms with E-state index in [1.165, 1.54) is 37.8 Å². The third-order valence-electron chi connectivity index (χ3n) is 3.89. The molecule has 0 unspecified atom stereocenters. The highest BCUT2D eigenvalue weighted by atomic mass is 32.2. The van der Waals surface area contributed by atoms with Crippen molar-refractivity contribution in [1.29, 1.82) is 0 Å². The second-order valence-corrected chi connectivity index (χ2v) is 6.54. The largest absolute Gasteiger partial charge is 0.446 e. The van der Waals surface area contributed by atoms with Gasteiger partial charge in [-0.2, -0.15) is 13.2 Å². The molecule has 1 N–H and O–H groups in total. The van der Waals surface area contributed by atoms with Crippen molar-refractivity contribution < 1.29 is 13.2 Å². The minimum Gasteiger partial charge on any atom is -0.310 e. The SMILES string of the molecule is C[C@H](NCc1ccc(SC(F)(F)F)cc1)C1CCCC1. The molecule has 2 rings (SSSR count). The Labute approximate surface area is 122 Å². The van der Waals surface area contributed by atoms with E-state index in [2.05, 4.69) is 12.2 Å². The summed E-state index contributed by atoms with van der Waals surface area (Å²) < 4.78 is 36.7. The van der Waals surface area contributed by atoms with Crippen molar-refractivity contribution in [3.63, 3.8) is 0 Å². The van der Waals surface area contributed by atoms with Crippen molar-refractivity contribution in [3.8, 4) is 0 Å². The monoisotopic (exact) mass is 303 g/mol. The molecule has 0 bridgehead atoms. The highest BCUT2D eigenvalue weighted by Gasteiger charge is 2.29. The molecule has 0 spiro atoms. The Morgan fingerprint density at radius 2 is 1.80 bits per heavy atom. The normalized spacial score (nSPS) is 18.4. The fourth-order valence-electron chi connectivity index (χ4n) is 2.71. The quantitative estimate of drug-likeness (QED) is 0.771. The van der Waals surface area contributed by atoms with Crippen molar-refractivity contribution in [2.45, 2.75) is 55.6 Å². The average Bonchev–Trinajstić information content (AvgIpc) is 2.89. The van der Waals surface area contributed by atoms with Gasteiger partial charge in [0.25, 0.3) is 0 Å². The highest BCUT2D eigenvalue weighted by molar-refractivity contribution is 8.00. The van der Waals surface area contributed by atoms with Crippen LogP contribution < -0.4 is 5.32 Å². The fourth-order valence-corrected chi connectivity index (χ4v) is 3.25. The summed E-state index contributed by atoms with van der Waals surface area (Å²) in [6.45, 7) is 2.92. The van der Waals surface area contributed by atoms with Gasteiger partial charge in [-0.25, -0.2) is 0 Å². The zero-order valence-electron chi connectivity index (χ0n) is 11.5. The van der Waals surface area contributed by atoms with Gasteiger partial charge in [0, 0.05) is 17.5 Å². The second kappa shape index (κ2) is 6.85. The van der Waals surface area contributed by atoms with E-state index in [1.807, 2.05) is 0 Å². The molecule has 20 heavy (non-hydrogen) atoms. The van der Waals surface area contributed by atoms with Crippen molar-refractivity contribution in [2.24, 2.45) is 5.92 Å². The van der Waals surface area contributed by atoms with Gasteiger partial charge in [-0.1, -0.05) is 25.0 Å². The van der Waals surface area contributed by atoms with Crippen LogP contribution in [-0.2, 0) is 6.54 Å². The Kier molecular flexibility index (Phi) is 5.38. The van der Waals surface area contributed by atoms with E-state index >= 15 is 0 Å². The number of rotatable bonds is 5. The second-order valence-electron chi connectivity index (χ2n) is 5.41. The van der Waals surface area contributed by atoms with Gasteiger partial charge in [0.15, 0.2) is 0 Å². The summed E-state index contributed by atoms with van der Waals surface area (Å²) in [4.78, 5) is 0.241. The van der Waals surface area contributed by atoms with Crippen LogP contribution >= 0.6 is 11.8 Å². The van der Waals surface area contributed by atoms with Gasteiger partial charge in [-0.15, -0.1) is 0 Å². The first-order chi connectivity index (χ1) is 9.44. The van der Waals surface area contributed by atoms with Crippen LogP contribution in [0.3, 0.4) is 0 Å². The van der Waals surface area contributed by atoms with E-state index in [1.54, 1.807) is 12.1 Å². The van der Waals surface area contributed by atoms with Crippen molar-refractivity contribution in [2.75, 3.05) is 0 Å². The Morgan fingerprint density at radius 1 is 1.20 bits per heavy atom. The predicted molar refractivity (Wildman–Crippen MR) is 76.6 cm³/mol. The Hall–Kier alpha value is -0.680. The standard InChI is InChI=1S/C15H20F3NS/c1-11(13-4-2-3-5-13)19-10-12-6-8-14(9-7-12)20-15(16,17)18/h6-9,11,13,19H,2-5,10H2,1H3/t11-/m0/s1. The van der Waals surface area contributed by atoms with Crippen LogP contribution in [0.2, 0.25) is 0 Å². The molecule has 0 saturated heterocycles. The van der Waals surface area contributed by atoms with E-state index in [0.717, 1.165) is 11.5 Å². The van der Waals surface area contributed by atoms with Gasteiger partial charge >= 0.3 is 5.51 Å². The predicted octanol–water partition coefficient (Wildman–Crippen LogP) is 4.97. The maximum atomic E-state index is 12.2. The van der Waals surface area contributed by atoms with E-state index in [4.69, 9.17) is 0 Å². The summed E-state index contributed by atoms with van der Waals surface area (Å²) in [6.07, 6.45) is 5.21. The number of benzene rings is 1. The number of thioether (sulfide) groups is 1. The Balaban J connectivity index is 1.81. The Bertz CT molecular complexity index is 410.